The lowest BCUT2D eigenvalue weighted by Crippen LogP contribution is -2.47. The highest BCUT2D eigenvalue weighted by atomic mass is 32.1. The molecule has 0 saturated heterocycles. The number of para-hydroxylation sites is 1. The highest BCUT2D eigenvalue weighted by molar-refractivity contribution is 7.10. The van der Waals surface area contributed by atoms with Gasteiger partial charge in [0.15, 0.2) is 6.04 Å². The highest BCUT2D eigenvalue weighted by Gasteiger charge is 2.36. The van der Waals surface area contributed by atoms with E-state index >= 15 is 0 Å². The van der Waals surface area contributed by atoms with E-state index in [1.54, 1.807) is 48.5 Å². The third-order valence-electron chi connectivity index (χ3n) is 6.44. The zero-order chi connectivity index (χ0) is 25.1. The van der Waals surface area contributed by atoms with Crippen molar-refractivity contribution < 1.29 is 18.7 Å². The second kappa shape index (κ2) is 10.4. The molecule has 0 aliphatic heterocycles. The zero-order valence-corrected chi connectivity index (χ0v) is 20.6. The number of hydrogen-bond donors (Lipinski definition) is 1. The molecular weight excluding hydrogens is 476 g/mol. The maximum atomic E-state index is 14.1. The number of carbonyl (C=O) groups excluding carboxylic acids is 2. The van der Waals surface area contributed by atoms with Crippen molar-refractivity contribution in [2.24, 2.45) is 0 Å². The van der Waals surface area contributed by atoms with Gasteiger partial charge in [0.1, 0.15) is 16.9 Å². The van der Waals surface area contributed by atoms with Crippen LogP contribution in [0.25, 0.3) is 11.0 Å². The molecule has 0 spiro atoms. The molecule has 2 aromatic carbocycles. The van der Waals surface area contributed by atoms with Gasteiger partial charge in [-0.1, -0.05) is 43.2 Å². The number of thiophene rings is 1. The monoisotopic (exact) mass is 502 g/mol. The highest BCUT2D eigenvalue weighted by Crippen LogP contribution is 2.34. The molecule has 0 radical (unpaired) electrons. The summed E-state index contributed by atoms with van der Waals surface area (Å²) in [6.07, 6.45) is 3.94. The molecule has 8 heteroatoms. The number of carbonyl (C=O) groups is 2. The summed E-state index contributed by atoms with van der Waals surface area (Å²) in [6, 6.07) is 18.2. The number of amides is 2. The van der Waals surface area contributed by atoms with Gasteiger partial charge in [0.25, 0.3) is 5.91 Å². The van der Waals surface area contributed by atoms with Crippen LogP contribution in [0.5, 0.6) is 5.75 Å². The first-order valence-electron chi connectivity index (χ1n) is 11.9. The minimum Gasteiger partial charge on any atom is -0.497 e. The van der Waals surface area contributed by atoms with E-state index in [4.69, 9.17) is 9.15 Å². The Kier molecular flexibility index (Phi) is 6.86. The Balaban J connectivity index is 1.65. The SMILES string of the molecule is COc1cccc(N(C(=O)c2cc3ccccc3oc2=O)[C@H](C(=O)NC2CCCC2)c2cccs2)c1. The van der Waals surface area contributed by atoms with Crippen molar-refractivity contribution in [2.45, 2.75) is 37.8 Å². The molecule has 0 bridgehead atoms. The van der Waals surface area contributed by atoms with Crippen molar-refractivity contribution >= 4 is 39.8 Å². The van der Waals surface area contributed by atoms with Gasteiger partial charge in [0.2, 0.25) is 5.91 Å². The van der Waals surface area contributed by atoms with Crippen LogP contribution in [0.4, 0.5) is 5.69 Å². The summed E-state index contributed by atoms with van der Waals surface area (Å²) in [6.45, 7) is 0. The first-order chi connectivity index (χ1) is 17.5. The Morgan fingerprint density at radius 3 is 2.61 bits per heavy atom. The number of nitrogens with zero attached hydrogens (tertiary/aromatic N) is 1. The van der Waals surface area contributed by atoms with Crippen molar-refractivity contribution in [3.8, 4) is 5.75 Å². The summed E-state index contributed by atoms with van der Waals surface area (Å²) in [4.78, 5) is 42.9. The molecule has 2 amide bonds. The Labute approximate surface area is 212 Å². The van der Waals surface area contributed by atoms with Gasteiger partial charge in [-0.05, 0) is 48.6 Å². The van der Waals surface area contributed by atoms with Crippen LogP contribution in [0.3, 0.4) is 0 Å². The van der Waals surface area contributed by atoms with Crippen LogP contribution in [-0.4, -0.2) is 25.0 Å². The fourth-order valence-electron chi connectivity index (χ4n) is 4.66. The topological polar surface area (TPSA) is 88.8 Å². The summed E-state index contributed by atoms with van der Waals surface area (Å²) in [5, 5.41) is 5.62. The molecule has 5 rings (SSSR count). The number of hydrogen-bond acceptors (Lipinski definition) is 6. The van der Waals surface area contributed by atoms with Crippen LogP contribution >= 0.6 is 11.3 Å². The summed E-state index contributed by atoms with van der Waals surface area (Å²) < 4.78 is 10.9. The van der Waals surface area contributed by atoms with Gasteiger partial charge in [-0.15, -0.1) is 11.3 Å². The second-order valence-electron chi connectivity index (χ2n) is 8.77. The summed E-state index contributed by atoms with van der Waals surface area (Å²) >= 11 is 1.38. The molecular formula is C28H26N2O5S. The molecule has 1 fully saturated rings. The van der Waals surface area contributed by atoms with Crippen molar-refractivity contribution in [1.29, 1.82) is 0 Å². The van der Waals surface area contributed by atoms with Gasteiger partial charge in [-0.25, -0.2) is 4.79 Å². The number of anilines is 1. The van der Waals surface area contributed by atoms with E-state index in [-0.39, 0.29) is 17.5 Å². The van der Waals surface area contributed by atoms with Crippen LogP contribution in [0, 0.1) is 0 Å². The summed E-state index contributed by atoms with van der Waals surface area (Å²) in [5.74, 6) is -0.384. The molecule has 1 atom stereocenters. The van der Waals surface area contributed by atoms with Crippen molar-refractivity contribution in [2.75, 3.05) is 12.0 Å². The Morgan fingerprint density at radius 2 is 1.86 bits per heavy atom. The molecule has 2 aromatic heterocycles. The van der Waals surface area contributed by atoms with Gasteiger partial charge in [0, 0.05) is 28.1 Å². The minimum absolute atomic E-state index is 0.0629. The standard InChI is InChI=1S/C28H26N2O5S/c1-34-21-12-6-11-20(17-21)30(27(32)22-16-18-8-2-5-13-23(18)35-28(22)33)25(24-14-7-15-36-24)26(31)29-19-9-3-4-10-19/h2,5-8,11-17,19,25H,3-4,9-10H2,1H3,(H,29,31)/t25-/m0/s1. The maximum Gasteiger partial charge on any atom is 0.349 e. The summed E-state index contributed by atoms with van der Waals surface area (Å²) in [5.41, 5.74) is -0.0767. The van der Waals surface area contributed by atoms with E-state index in [2.05, 4.69) is 5.32 Å². The Hall–Kier alpha value is -3.91. The van der Waals surface area contributed by atoms with E-state index in [9.17, 15) is 14.4 Å². The third-order valence-corrected chi connectivity index (χ3v) is 7.37. The van der Waals surface area contributed by atoms with Crippen LogP contribution in [0.1, 0.15) is 47.0 Å². The van der Waals surface area contributed by atoms with Gasteiger partial charge >= 0.3 is 5.63 Å². The Morgan fingerprint density at radius 1 is 1.06 bits per heavy atom. The number of benzene rings is 2. The molecule has 1 N–H and O–H groups in total. The molecule has 1 aliphatic rings. The molecule has 184 valence electrons. The average molecular weight is 503 g/mol. The van der Waals surface area contributed by atoms with E-state index < -0.39 is 17.6 Å². The lowest BCUT2D eigenvalue weighted by atomic mass is 10.1. The van der Waals surface area contributed by atoms with E-state index in [1.807, 2.05) is 17.5 Å². The number of ether oxygens (including phenoxy) is 1. The first-order valence-corrected chi connectivity index (χ1v) is 12.8. The number of nitrogens with one attached hydrogen (secondary N) is 1. The lowest BCUT2D eigenvalue weighted by Gasteiger charge is -2.31. The van der Waals surface area contributed by atoms with Crippen molar-refractivity contribution in [3.05, 3.63) is 93.0 Å². The second-order valence-corrected chi connectivity index (χ2v) is 9.75. The van der Waals surface area contributed by atoms with Crippen LogP contribution < -0.4 is 20.6 Å². The third kappa shape index (κ3) is 4.77. The molecule has 0 unspecified atom stereocenters. The summed E-state index contributed by atoms with van der Waals surface area (Å²) in [7, 11) is 1.53. The molecule has 2 heterocycles. The molecule has 36 heavy (non-hydrogen) atoms. The largest absolute Gasteiger partial charge is 0.497 e. The quantitative estimate of drug-likeness (QED) is 0.346. The van der Waals surface area contributed by atoms with Gasteiger partial charge < -0.3 is 14.5 Å². The molecule has 1 aliphatic carbocycles. The van der Waals surface area contributed by atoms with Gasteiger partial charge in [0.05, 0.1) is 7.11 Å². The van der Waals surface area contributed by atoms with Gasteiger partial charge in [-0.2, -0.15) is 0 Å². The predicted molar refractivity (Wildman–Crippen MR) is 140 cm³/mol. The number of methoxy groups -OCH3 is 1. The smallest absolute Gasteiger partial charge is 0.349 e. The van der Waals surface area contributed by atoms with Crippen molar-refractivity contribution in [1.82, 2.24) is 5.32 Å². The minimum atomic E-state index is -0.976. The average Bonchev–Trinajstić information content (AvgIpc) is 3.61. The maximum absolute atomic E-state index is 14.1. The fourth-order valence-corrected chi connectivity index (χ4v) is 5.47. The van der Waals surface area contributed by atoms with Crippen molar-refractivity contribution in [3.63, 3.8) is 0 Å². The number of fused-ring (bicyclic) bond motifs is 1. The molecule has 1 saturated carbocycles. The zero-order valence-electron chi connectivity index (χ0n) is 19.8. The number of rotatable bonds is 7. The van der Waals surface area contributed by atoms with Crippen LogP contribution in [0.2, 0.25) is 0 Å². The molecule has 7 nitrogen and oxygen atoms in total. The Bertz CT molecular complexity index is 1440. The van der Waals surface area contributed by atoms with Crippen LogP contribution in [0.15, 0.2) is 81.3 Å². The fraction of sp³-hybridized carbons (Fsp3) is 0.250. The van der Waals surface area contributed by atoms with E-state index in [0.717, 1.165) is 25.7 Å². The van der Waals surface area contributed by atoms with E-state index in [1.165, 1.54) is 29.4 Å². The van der Waals surface area contributed by atoms with Gasteiger partial charge in [-0.3, -0.25) is 14.5 Å². The predicted octanol–water partition coefficient (Wildman–Crippen LogP) is 5.31. The van der Waals surface area contributed by atoms with E-state index in [0.29, 0.717) is 27.3 Å². The first kappa shape index (κ1) is 23.8. The lowest BCUT2D eigenvalue weighted by molar-refractivity contribution is -0.123. The van der Waals surface area contributed by atoms with Crippen LogP contribution in [-0.2, 0) is 4.79 Å². The normalized spacial score (nSPS) is 14.5. The molecule has 4 aromatic rings.